The van der Waals surface area contributed by atoms with Crippen molar-refractivity contribution in [2.24, 2.45) is 11.1 Å². The lowest BCUT2D eigenvalue weighted by atomic mass is 9.85. The molecule has 226 valence electrons. The van der Waals surface area contributed by atoms with Crippen LogP contribution in [0.2, 0.25) is 0 Å². The van der Waals surface area contributed by atoms with Gasteiger partial charge in [0.15, 0.2) is 0 Å². The maximum absolute atomic E-state index is 13.8. The summed E-state index contributed by atoms with van der Waals surface area (Å²) < 4.78 is 1.11. The number of likely N-dealkylation sites (tertiary alicyclic amines) is 1. The van der Waals surface area contributed by atoms with Gasteiger partial charge in [0.2, 0.25) is 11.8 Å². The second kappa shape index (κ2) is 14.6. The van der Waals surface area contributed by atoms with Gasteiger partial charge in [0.25, 0.3) is 5.91 Å². The van der Waals surface area contributed by atoms with Crippen LogP contribution in [0, 0.1) is 12.3 Å². The molecular formula is C30H44ClN5O4S. The maximum atomic E-state index is 13.8. The highest BCUT2D eigenvalue weighted by atomic mass is 35.5. The number of aliphatic hydroxyl groups excluding tert-OH is 1. The number of rotatable bonds is 12. The van der Waals surface area contributed by atoms with E-state index in [0.717, 1.165) is 45.4 Å². The summed E-state index contributed by atoms with van der Waals surface area (Å²) in [6.07, 6.45) is 3.01. The Labute approximate surface area is 252 Å². The topological polar surface area (TPSA) is 129 Å². The fourth-order valence-corrected chi connectivity index (χ4v) is 6.12. The number of halogens is 1. The van der Waals surface area contributed by atoms with Crippen molar-refractivity contribution in [1.29, 1.82) is 0 Å². The predicted molar refractivity (Wildman–Crippen MR) is 163 cm³/mol. The summed E-state index contributed by atoms with van der Waals surface area (Å²) in [6, 6.07) is 5.54. The first-order valence-corrected chi connectivity index (χ1v) is 15.5. The number of aryl methyl sites for hydroxylation is 1. The van der Waals surface area contributed by atoms with Gasteiger partial charge in [-0.05, 0) is 49.8 Å². The smallest absolute Gasteiger partial charge is 0.260 e. The monoisotopic (exact) mass is 605 g/mol. The standard InChI is InChI=1S/C30H44ClN5O4S/c1-19-26(41-18-33-19)22-13-11-21(12-14-22)20(2)36(31)28(39)24-16-23(37)17-35(24)29(40)27(30(3,4)5)34-25(38)10-8-6-7-9-15-32/h11-14,18,20,23-24,27,37H,6-10,15-17,32H2,1-5H3,(H,34,38)/t20-,23+,24-,27+/m0/s1. The number of aliphatic hydroxyl groups is 1. The second-order valence-corrected chi connectivity index (χ2v) is 13.1. The van der Waals surface area contributed by atoms with Gasteiger partial charge in [-0.2, -0.15) is 0 Å². The number of nitrogens with one attached hydrogen (secondary N) is 1. The minimum atomic E-state index is -0.936. The second-order valence-electron chi connectivity index (χ2n) is 11.9. The number of nitrogens with zero attached hydrogens (tertiary/aromatic N) is 3. The maximum Gasteiger partial charge on any atom is 0.260 e. The number of β-amino-alcohol motifs (C(OH)–C–C–N with tert-alkyl or cyclic N) is 1. The summed E-state index contributed by atoms with van der Waals surface area (Å²) in [5.41, 5.74) is 9.56. The number of nitrogens with two attached hydrogens (primary N) is 1. The average molecular weight is 606 g/mol. The number of amides is 3. The van der Waals surface area contributed by atoms with Crippen molar-refractivity contribution in [2.75, 3.05) is 13.1 Å². The molecule has 1 aromatic heterocycles. The van der Waals surface area contributed by atoms with E-state index in [4.69, 9.17) is 17.5 Å². The van der Waals surface area contributed by atoms with Crippen LogP contribution in [0.5, 0.6) is 0 Å². The Balaban J connectivity index is 1.70. The van der Waals surface area contributed by atoms with Crippen LogP contribution in [-0.2, 0) is 14.4 Å². The third kappa shape index (κ3) is 8.50. The van der Waals surface area contributed by atoms with E-state index in [9.17, 15) is 19.5 Å². The van der Waals surface area contributed by atoms with Crippen LogP contribution in [0.1, 0.15) is 83.5 Å². The Kier molecular flexibility index (Phi) is 11.7. The summed E-state index contributed by atoms with van der Waals surface area (Å²) in [6.45, 7) is 10.0. The molecule has 1 saturated heterocycles. The number of unbranched alkanes of at least 4 members (excludes halogenated alkanes) is 3. The van der Waals surface area contributed by atoms with E-state index >= 15 is 0 Å². The molecule has 41 heavy (non-hydrogen) atoms. The lowest BCUT2D eigenvalue weighted by Crippen LogP contribution is -2.57. The molecule has 1 fully saturated rings. The number of benzene rings is 1. The van der Waals surface area contributed by atoms with Crippen LogP contribution in [0.25, 0.3) is 10.4 Å². The number of thiazole rings is 1. The SMILES string of the molecule is Cc1ncsc1-c1ccc([C@H](C)N(Cl)C(=O)[C@@H]2C[C@@H](O)CN2C(=O)[C@@H](NC(=O)CCCCCCN)C(C)(C)C)cc1. The molecular weight excluding hydrogens is 562 g/mol. The van der Waals surface area contributed by atoms with Gasteiger partial charge in [-0.15, -0.1) is 11.3 Å². The fraction of sp³-hybridized carbons (Fsp3) is 0.600. The molecule has 3 rings (SSSR count). The molecule has 4 N–H and O–H groups in total. The van der Waals surface area contributed by atoms with E-state index < -0.39 is 41.5 Å². The lowest BCUT2D eigenvalue weighted by molar-refractivity contribution is -0.146. The summed E-state index contributed by atoms with van der Waals surface area (Å²) in [5.74, 6) is -1.07. The molecule has 1 aliphatic rings. The lowest BCUT2D eigenvalue weighted by Gasteiger charge is -2.36. The van der Waals surface area contributed by atoms with Gasteiger partial charge in [-0.3, -0.25) is 14.4 Å². The molecule has 0 saturated carbocycles. The minimum Gasteiger partial charge on any atom is -0.391 e. The van der Waals surface area contributed by atoms with Gasteiger partial charge in [-0.25, -0.2) is 9.40 Å². The van der Waals surface area contributed by atoms with E-state index in [2.05, 4.69) is 10.3 Å². The third-order valence-corrected chi connectivity index (χ3v) is 9.01. The highest BCUT2D eigenvalue weighted by molar-refractivity contribution is 7.13. The van der Waals surface area contributed by atoms with Crippen molar-refractivity contribution in [3.8, 4) is 10.4 Å². The van der Waals surface area contributed by atoms with Crippen LogP contribution in [0.15, 0.2) is 29.8 Å². The predicted octanol–water partition coefficient (Wildman–Crippen LogP) is 4.56. The normalized spacial score (nSPS) is 18.7. The van der Waals surface area contributed by atoms with Gasteiger partial charge < -0.3 is 21.1 Å². The molecule has 0 aliphatic carbocycles. The van der Waals surface area contributed by atoms with Gasteiger partial charge in [0.05, 0.1) is 28.2 Å². The number of aromatic nitrogens is 1. The molecule has 9 nitrogen and oxygen atoms in total. The molecule has 2 aromatic rings. The summed E-state index contributed by atoms with van der Waals surface area (Å²) >= 11 is 8.17. The van der Waals surface area contributed by atoms with E-state index in [-0.39, 0.29) is 18.9 Å². The number of carbonyl (C=O) groups is 3. The van der Waals surface area contributed by atoms with Crippen LogP contribution in [0.4, 0.5) is 0 Å². The molecule has 0 radical (unpaired) electrons. The fourth-order valence-electron chi connectivity index (χ4n) is 5.08. The quantitative estimate of drug-likeness (QED) is 0.240. The van der Waals surface area contributed by atoms with E-state index in [1.807, 2.05) is 64.4 Å². The van der Waals surface area contributed by atoms with Crippen molar-refractivity contribution < 1.29 is 19.5 Å². The molecule has 1 aromatic carbocycles. The molecule has 0 unspecified atom stereocenters. The van der Waals surface area contributed by atoms with Crippen LogP contribution in [0.3, 0.4) is 0 Å². The molecule has 11 heteroatoms. The molecule has 0 spiro atoms. The van der Waals surface area contributed by atoms with Crippen molar-refractivity contribution in [2.45, 2.75) is 97.4 Å². The first-order valence-electron chi connectivity index (χ1n) is 14.3. The molecule has 3 amide bonds. The van der Waals surface area contributed by atoms with Gasteiger partial charge in [-0.1, -0.05) is 57.9 Å². The van der Waals surface area contributed by atoms with Crippen molar-refractivity contribution >= 4 is 40.8 Å². The molecule has 2 heterocycles. The van der Waals surface area contributed by atoms with E-state index in [1.54, 1.807) is 11.3 Å². The number of hydrogen-bond donors (Lipinski definition) is 3. The van der Waals surface area contributed by atoms with Gasteiger partial charge in [0.1, 0.15) is 12.1 Å². The largest absolute Gasteiger partial charge is 0.391 e. The molecule has 4 atom stereocenters. The molecule has 1 aliphatic heterocycles. The summed E-state index contributed by atoms with van der Waals surface area (Å²) in [4.78, 5) is 47.0. The highest BCUT2D eigenvalue weighted by Crippen LogP contribution is 2.32. The average Bonchev–Trinajstić information content (AvgIpc) is 3.54. The first-order chi connectivity index (χ1) is 19.3. The Morgan fingerprint density at radius 3 is 2.44 bits per heavy atom. The minimum absolute atomic E-state index is 0.00120. The summed E-state index contributed by atoms with van der Waals surface area (Å²) in [5, 5.41) is 13.4. The van der Waals surface area contributed by atoms with Crippen LogP contribution < -0.4 is 11.1 Å². The Morgan fingerprint density at radius 2 is 1.85 bits per heavy atom. The van der Waals surface area contributed by atoms with Gasteiger partial charge in [0, 0.05) is 31.2 Å². The molecule has 0 bridgehead atoms. The van der Waals surface area contributed by atoms with E-state index in [0.29, 0.717) is 19.4 Å². The third-order valence-electron chi connectivity index (χ3n) is 7.57. The summed E-state index contributed by atoms with van der Waals surface area (Å²) in [7, 11) is 0. The zero-order valence-corrected chi connectivity index (χ0v) is 26.3. The van der Waals surface area contributed by atoms with Crippen LogP contribution >= 0.6 is 23.1 Å². The Hall–Kier alpha value is -2.53. The first kappa shape index (κ1) is 33.0. The zero-order chi connectivity index (χ0) is 30.3. The highest BCUT2D eigenvalue weighted by Gasteiger charge is 2.46. The Morgan fingerprint density at radius 1 is 1.20 bits per heavy atom. The number of carbonyl (C=O) groups excluding carboxylic acids is 3. The Bertz CT molecular complexity index is 1180. The van der Waals surface area contributed by atoms with Gasteiger partial charge >= 0.3 is 0 Å². The number of hydrogen-bond acceptors (Lipinski definition) is 7. The van der Waals surface area contributed by atoms with E-state index in [1.165, 1.54) is 4.90 Å². The van der Waals surface area contributed by atoms with Crippen molar-refractivity contribution in [3.05, 3.63) is 41.0 Å². The van der Waals surface area contributed by atoms with Crippen LogP contribution in [-0.4, -0.2) is 68.4 Å². The van der Waals surface area contributed by atoms with Crippen molar-refractivity contribution in [3.63, 3.8) is 0 Å². The van der Waals surface area contributed by atoms with Crippen molar-refractivity contribution in [1.82, 2.24) is 19.6 Å². The zero-order valence-electron chi connectivity index (χ0n) is 24.7.